The first-order valence-corrected chi connectivity index (χ1v) is 4.98. The molecule has 0 fully saturated rings. The van der Waals surface area contributed by atoms with E-state index < -0.39 is 0 Å². The zero-order valence-corrected chi connectivity index (χ0v) is 8.94. The molecule has 2 N–H and O–H groups in total. The van der Waals surface area contributed by atoms with E-state index in [1.54, 1.807) is 4.68 Å². The number of rotatable bonds is 2. The van der Waals surface area contributed by atoms with Gasteiger partial charge in [-0.2, -0.15) is 0 Å². The van der Waals surface area contributed by atoms with Crippen molar-refractivity contribution in [2.75, 3.05) is 5.73 Å². The van der Waals surface area contributed by atoms with Gasteiger partial charge in [0.05, 0.1) is 0 Å². The zero-order valence-electron chi connectivity index (χ0n) is 8.94. The molecule has 0 saturated heterocycles. The summed E-state index contributed by atoms with van der Waals surface area (Å²) in [7, 11) is 0. The molecule has 0 radical (unpaired) electrons. The van der Waals surface area contributed by atoms with Crippen molar-refractivity contribution in [1.29, 1.82) is 0 Å². The van der Waals surface area contributed by atoms with Crippen molar-refractivity contribution in [1.82, 2.24) is 15.0 Å². The molecular weight excluding hydrogens is 188 g/mol. The smallest absolute Gasteiger partial charge is 0.150 e. The summed E-state index contributed by atoms with van der Waals surface area (Å²) in [4.78, 5) is 0. The van der Waals surface area contributed by atoms with Gasteiger partial charge in [0.1, 0.15) is 11.5 Å². The van der Waals surface area contributed by atoms with E-state index in [4.69, 9.17) is 5.73 Å². The van der Waals surface area contributed by atoms with Gasteiger partial charge in [-0.05, 0) is 19.9 Å². The predicted molar refractivity (Wildman–Crippen MR) is 60.3 cm³/mol. The number of aromatic nitrogens is 3. The van der Waals surface area contributed by atoms with E-state index in [0.29, 0.717) is 5.82 Å². The maximum atomic E-state index is 5.93. The van der Waals surface area contributed by atoms with Crippen LogP contribution in [0, 0.1) is 6.92 Å². The molecule has 0 amide bonds. The first kappa shape index (κ1) is 9.71. The van der Waals surface area contributed by atoms with Crippen molar-refractivity contribution >= 4 is 5.82 Å². The van der Waals surface area contributed by atoms with Gasteiger partial charge in [0.2, 0.25) is 0 Å². The predicted octanol–water partition coefficient (Wildman–Crippen LogP) is 1.86. The van der Waals surface area contributed by atoms with E-state index in [2.05, 4.69) is 16.4 Å². The van der Waals surface area contributed by atoms with E-state index in [1.165, 1.54) is 5.56 Å². The van der Waals surface area contributed by atoms with Gasteiger partial charge >= 0.3 is 0 Å². The van der Waals surface area contributed by atoms with Crippen LogP contribution in [0.3, 0.4) is 0 Å². The number of hydrogen-bond donors (Lipinski definition) is 1. The second-order valence-corrected chi connectivity index (χ2v) is 3.51. The summed E-state index contributed by atoms with van der Waals surface area (Å²) in [6.07, 6.45) is 0. The molecule has 15 heavy (non-hydrogen) atoms. The van der Waals surface area contributed by atoms with Gasteiger partial charge in [0.25, 0.3) is 0 Å². The number of nitrogen functional groups attached to an aromatic ring is 1. The number of nitrogens with zero attached hydrogens (tertiary/aromatic N) is 3. The molecule has 0 spiro atoms. The maximum absolute atomic E-state index is 5.93. The van der Waals surface area contributed by atoms with Gasteiger partial charge in [-0.15, -0.1) is 5.10 Å². The molecule has 78 valence electrons. The van der Waals surface area contributed by atoms with Gasteiger partial charge in [-0.3, -0.25) is 0 Å². The summed E-state index contributed by atoms with van der Waals surface area (Å²) in [5.74, 6) is 0.628. The standard InChI is InChI=1S/C11H14N4/c1-3-15-11(12)10(13-14-15)9-6-4-5-8(2)7-9/h4-7H,3,12H2,1-2H3. The minimum Gasteiger partial charge on any atom is -0.382 e. The minimum absolute atomic E-state index is 0.628. The van der Waals surface area contributed by atoms with Gasteiger partial charge in [-0.25, -0.2) is 4.68 Å². The van der Waals surface area contributed by atoms with Crippen LogP contribution in [0.2, 0.25) is 0 Å². The fraction of sp³-hybridized carbons (Fsp3) is 0.273. The first-order chi connectivity index (χ1) is 7.22. The Bertz CT molecular complexity index is 473. The minimum atomic E-state index is 0.628. The van der Waals surface area contributed by atoms with Crippen molar-refractivity contribution in [3.05, 3.63) is 29.8 Å². The van der Waals surface area contributed by atoms with E-state index in [-0.39, 0.29) is 0 Å². The Morgan fingerprint density at radius 2 is 2.20 bits per heavy atom. The normalized spacial score (nSPS) is 10.5. The number of anilines is 1. The molecule has 0 aliphatic heterocycles. The summed E-state index contributed by atoms with van der Waals surface area (Å²) >= 11 is 0. The average molecular weight is 202 g/mol. The molecule has 1 heterocycles. The lowest BCUT2D eigenvalue weighted by Crippen LogP contribution is -2.02. The average Bonchev–Trinajstić information content (AvgIpc) is 2.59. The fourth-order valence-corrected chi connectivity index (χ4v) is 1.55. The topological polar surface area (TPSA) is 56.7 Å². The summed E-state index contributed by atoms with van der Waals surface area (Å²) in [5, 5.41) is 8.07. The summed E-state index contributed by atoms with van der Waals surface area (Å²) < 4.78 is 1.69. The quantitative estimate of drug-likeness (QED) is 0.808. The molecule has 0 aliphatic rings. The third kappa shape index (κ3) is 1.70. The molecule has 0 atom stereocenters. The second-order valence-electron chi connectivity index (χ2n) is 3.51. The van der Waals surface area contributed by atoms with Crippen LogP contribution in [0.4, 0.5) is 5.82 Å². The molecule has 2 aromatic rings. The molecule has 0 bridgehead atoms. The van der Waals surface area contributed by atoms with Crippen LogP contribution in [0.15, 0.2) is 24.3 Å². The van der Waals surface area contributed by atoms with Crippen molar-refractivity contribution < 1.29 is 0 Å². The Morgan fingerprint density at radius 3 is 2.80 bits per heavy atom. The Balaban J connectivity index is 2.49. The highest BCUT2D eigenvalue weighted by Crippen LogP contribution is 2.23. The van der Waals surface area contributed by atoms with Gasteiger partial charge in [0.15, 0.2) is 0 Å². The van der Waals surface area contributed by atoms with Crippen LogP contribution < -0.4 is 5.73 Å². The van der Waals surface area contributed by atoms with E-state index >= 15 is 0 Å². The molecule has 4 heteroatoms. The lowest BCUT2D eigenvalue weighted by atomic mass is 10.1. The number of benzene rings is 1. The Kier molecular flexibility index (Phi) is 2.41. The van der Waals surface area contributed by atoms with Gasteiger partial charge in [-0.1, -0.05) is 29.0 Å². The Hall–Kier alpha value is -1.84. The molecule has 2 rings (SSSR count). The number of nitrogens with two attached hydrogens (primary N) is 1. The molecule has 0 aliphatic carbocycles. The van der Waals surface area contributed by atoms with Crippen LogP contribution in [0.25, 0.3) is 11.3 Å². The van der Waals surface area contributed by atoms with Crippen LogP contribution in [0.1, 0.15) is 12.5 Å². The van der Waals surface area contributed by atoms with Crippen molar-refractivity contribution in [2.45, 2.75) is 20.4 Å². The summed E-state index contributed by atoms with van der Waals surface area (Å²) in [6.45, 7) is 4.78. The Labute approximate surface area is 88.7 Å². The van der Waals surface area contributed by atoms with Crippen LogP contribution >= 0.6 is 0 Å². The van der Waals surface area contributed by atoms with Crippen molar-refractivity contribution in [3.8, 4) is 11.3 Å². The lowest BCUT2D eigenvalue weighted by molar-refractivity contribution is 0.635. The largest absolute Gasteiger partial charge is 0.382 e. The molecule has 0 unspecified atom stereocenters. The van der Waals surface area contributed by atoms with Gasteiger partial charge < -0.3 is 5.73 Å². The molecule has 4 nitrogen and oxygen atoms in total. The molecule has 0 saturated carbocycles. The molecule has 1 aromatic carbocycles. The second kappa shape index (κ2) is 3.73. The lowest BCUT2D eigenvalue weighted by Gasteiger charge is -2.00. The summed E-state index contributed by atoms with van der Waals surface area (Å²) in [5.41, 5.74) is 8.91. The van der Waals surface area contributed by atoms with Crippen molar-refractivity contribution in [2.24, 2.45) is 0 Å². The SMILES string of the molecule is CCn1nnc(-c2cccc(C)c2)c1N. The van der Waals surface area contributed by atoms with Crippen molar-refractivity contribution in [3.63, 3.8) is 0 Å². The van der Waals surface area contributed by atoms with Crippen LogP contribution in [-0.4, -0.2) is 15.0 Å². The number of aryl methyl sites for hydroxylation is 2. The third-order valence-electron chi connectivity index (χ3n) is 2.36. The van der Waals surface area contributed by atoms with Crippen LogP contribution in [0.5, 0.6) is 0 Å². The molecular formula is C11H14N4. The van der Waals surface area contributed by atoms with Gasteiger partial charge in [0, 0.05) is 12.1 Å². The van der Waals surface area contributed by atoms with Crippen LogP contribution in [-0.2, 0) is 6.54 Å². The highest BCUT2D eigenvalue weighted by molar-refractivity contribution is 5.69. The highest BCUT2D eigenvalue weighted by atomic mass is 15.4. The third-order valence-corrected chi connectivity index (χ3v) is 2.36. The highest BCUT2D eigenvalue weighted by Gasteiger charge is 2.09. The molecule has 1 aromatic heterocycles. The van der Waals surface area contributed by atoms with E-state index in [1.807, 2.05) is 32.0 Å². The van der Waals surface area contributed by atoms with E-state index in [0.717, 1.165) is 17.8 Å². The zero-order chi connectivity index (χ0) is 10.8. The fourth-order valence-electron chi connectivity index (χ4n) is 1.55. The van der Waals surface area contributed by atoms with E-state index in [9.17, 15) is 0 Å². The number of hydrogen-bond acceptors (Lipinski definition) is 3. The Morgan fingerprint density at radius 1 is 1.40 bits per heavy atom. The monoisotopic (exact) mass is 202 g/mol. The maximum Gasteiger partial charge on any atom is 0.150 e. The first-order valence-electron chi connectivity index (χ1n) is 4.98. The summed E-state index contributed by atoms with van der Waals surface area (Å²) in [6, 6.07) is 8.09.